The van der Waals surface area contributed by atoms with Crippen molar-refractivity contribution in [1.29, 1.82) is 0 Å². The summed E-state index contributed by atoms with van der Waals surface area (Å²) < 4.78 is 42.7. The van der Waals surface area contributed by atoms with E-state index in [2.05, 4.69) is 9.97 Å². The van der Waals surface area contributed by atoms with E-state index in [0.29, 0.717) is 18.0 Å². The van der Waals surface area contributed by atoms with Crippen molar-refractivity contribution in [3.8, 4) is 5.75 Å². The second kappa shape index (κ2) is 6.64. The van der Waals surface area contributed by atoms with Gasteiger partial charge in [-0.1, -0.05) is 0 Å². The van der Waals surface area contributed by atoms with Crippen LogP contribution >= 0.6 is 0 Å². The Kier molecular flexibility index (Phi) is 4.83. The van der Waals surface area contributed by atoms with Gasteiger partial charge in [-0.25, -0.2) is 0 Å². The predicted octanol–water partition coefficient (Wildman–Crippen LogP) is 3.17. The smallest absolute Gasteiger partial charge is 0.433 e. The zero-order chi connectivity index (χ0) is 17.0. The van der Waals surface area contributed by atoms with Gasteiger partial charge in [0, 0.05) is 18.9 Å². The van der Waals surface area contributed by atoms with Crippen LogP contribution in [0.15, 0.2) is 36.8 Å². The van der Waals surface area contributed by atoms with Crippen LogP contribution in [0.1, 0.15) is 23.0 Å². The van der Waals surface area contributed by atoms with Gasteiger partial charge in [-0.05, 0) is 25.1 Å². The van der Waals surface area contributed by atoms with Crippen LogP contribution in [-0.2, 0) is 6.18 Å². The summed E-state index contributed by atoms with van der Waals surface area (Å²) >= 11 is 0. The maximum absolute atomic E-state index is 12.5. The predicted molar refractivity (Wildman–Crippen MR) is 77.4 cm³/mol. The molecule has 2 aromatic rings. The Morgan fingerprint density at radius 1 is 1.26 bits per heavy atom. The number of aromatic nitrogens is 2. The minimum absolute atomic E-state index is 0.0544. The third kappa shape index (κ3) is 3.58. The quantitative estimate of drug-likeness (QED) is 0.866. The third-order valence-electron chi connectivity index (χ3n) is 3.14. The fourth-order valence-corrected chi connectivity index (χ4v) is 2.02. The molecule has 8 heteroatoms. The highest BCUT2D eigenvalue weighted by molar-refractivity contribution is 6.06. The number of nitrogens with zero attached hydrogens (tertiary/aromatic N) is 3. The van der Waals surface area contributed by atoms with Gasteiger partial charge in [-0.2, -0.15) is 13.2 Å². The van der Waals surface area contributed by atoms with Crippen LogP contribution in [0.5, 0.6) is 5.75 Å². The summed E-state index contributed by atoms with van der Waals surface area (Å²) in [4.78, 5) is 21.1. The molecule has 2 heterocycles. The van der Waals surface area contributed by atoms with Crippen molar-refractivity contribution >= 4 is 11.6 Å². The van der Waals surface area contributed by atoms with E-state index in [1.807, 2.05) is 0 Å². The zero-order valence-corrected chi connectivity index (χ0v) is 12.5. The van der Waals surface area contributed by atoms with Gasteiger partial charge in [-0.3, -0.25) is 14.8 Å². The summed E-state index contributed by atoms with van der Waals surface area (Å²) in [5.74, 6) is -0.0826. The van der Waals surface area contributed by atoms with E-state index in [0.717, 1.165) is 18.3 Å². The SMILES string of the molecule is CCN(C(=O)c1ccc(C(F)(F)F)nc1)c1ccncc1OC. The molecule has 0 spiro atoms. The van der Waals surface area contributed by atoms with Gasteiger partial charge >= 0.3 is 6.18 Å². The molecule has 0 aliphatic heterocycles. The molecule has 2 aromatic heterocycles. The molecule has 23 heavy (non-hydrogen) atoms. The van der Waals surface area contributed by atoms with E-state index in [1.165, 1.54) is 24.4 Å². The van der Waals surface area contributed by atoms with Crippen molar-refractivity contribution < 1.29 is 22.7 Å². The Hall–Kier alpha value is -2.64. The van der Waals surface area contributed by atoms with Crippen molar-refractivity contribution in [2.24, 2.45) is 0 Å². The van der Waals surface area contributed by atoms with Crippen LogP contribution in [0.4, 0.5) is 18.9 Å². The van der Waals surface area contributed by atoms with E-state index in [9.17, 15) is 18.0 Å². The number of carbonyl (C=O) groups is 1. The molecule has 0 fully saturated rings. The first-order valence-electron chi connectivity index (χ1n) is 6.71. The van der Waals surface area contributed by atoms with Gasteiger partial charge in [0.25, 0.3) is 5.91 Å². The standard InChI is InChI=1S/C15H14F3N3O2/c1-3-21(11-6-7-19-9-12(11)23-2)14(22)10-4-5-13(20-8-10)15(16,17)18/h4-9H,3H2,1-2H3. The van der Waals surface area contributed by atoms with Crippen molar-refractivity contribution in [1.82, 2.24) is 9.97 Å². The normalized spacial score (nSPS) is 11.2. The number of alkyl halides is 3. The molecular weight excluding hydrogens is 311 g/mol. The van der Waals surface area contributed by atoms with Gasteiger partial charge in [0.05, 0.1) is 24.6 Å². The average molecular weight is 325 g/mol. The Morgan fingerprint density at radius 3 is 2.52 bits per heavy atom. The number of ether oxygens (including phenoxy) is 1. The van der Waals surface area contributed by atoms with Crippen LogP contribution in [0.2, 0.25) is 0 Å². The molecule has 0 aliphatic carbocycles. The largest absolute Gasteiger partial charge is 0.493 e. The minimum Gasteiger partial charge on any atom is -0.493 e. The van der Waals surface area contributed by atoms with E-state index >= 15 is 0 Å². The van der Waals surface area contributed by atoms with E-state index in [1.54, 1.807) is 13.0 Å². The number of hydrogen-bond donors (Lipinski definition) is 0. The highest BCUT2D eigenvalue weighted by Crippen LogP contribution is 2.29. The van der Waals surface area contributed by atoms with Crippen molar-refractivity contribution in [2.75, 3.05) is 18.6 Å². The Bertz CT molecular complexity index is 687. The first-order valence-corrected chi connectivity index (χ1v) is 6.71. The number of carbonyl (C=O) groups excluding carboxylic acids is 1. The summed E-state index contributed by atoms with van der Waals surface area (Å²) in [5.41, 5.74) is -0.507. The summed E-state index contributed by atoms with van der Waals surface area (Å²) in [7, 11) is 1.44. The maximum atomic E-state index is 12.5. The Balaban J connectivity index is 2.33. The molecule has 0 aromatic carbocycles. The van der Waals surface area contributed by atoms with Gasteiger partial charge in [0.15, 0.2) is 5.75 Å². The van der Waals surface area contributed by atoms with Crippen LogP contribution in [0, 0.1) is 0 Å². The second-order valence-electron chi connectivity index (χ2n) is 4.53. The highest BCUT2D eigenvalue weighted by atomic mass is 19.4. The second-order valence-corrected chi connectivity index (χ2v) is 4.53. The monoisotopic (exact) mass is 325 g/mol. The Labute approximate surface area is 130 Å². The number of pyridine rings is 2. The molecule has 0 saturated carbocycles. The summed E-state index contributed by atoms with van der Waals surface area (Å²) in [6, 6.07) is 3.48. The van der Waals surface area contributed by atoms with Gasteiger partial charge in [0.1, 0.15) is 5.69 Å². The topological polar surface area (TPSA) is 55.3 Å². The molecule has 0 aliphatic rings. The first-order chi connectivity index (χ1) is 10.9. The highest BCUT2D eigenvalue weighted by Gasteiger charge is 2.32. The fourth-order valence-electron chi connectivity index (χ4n) is 2.02. The lowest BCUT2D eigenvalue weighted by atomic mass is 10.2. The molecule has 5 nitrogen and oxygen atoms in total. The lowest BCUT2D eigenvalue weighted by molar-refractivity contribution is -0.141. The summed E-state index contributed by atoms with van der Waals surface area (Å²) in [6.07, 6.45) is -0.670. The van der Waals surface area contributed by atoms with Crippen LogP contribution in [0.3, 0.4) is 0 Å². The first kappa shape index (κ1) is 16.7. The van der Waals surface area contributed by atoms with Crippen molar-refractivity contribution in [2.45, 2.75) is 13.1 Å². The number of halogens is 3. The Morgan fingerprint density at radius 2 is 2.00 bits per heavy atom. The number of anilines is 1. The van der Waals surface area contributed by atoms with Crippen molar-refractivity contribution in [3.63, 3.8) is 0 Å². The van der Waals surface area contributed by atoms with Gasteiger partial charge in [-0.15, -0.1) is 0 Å². The molecule has 0 bridgehead atoms. The lowest BCUT2D eigenvalue weighted by Gasteiger charge is -2.22. The average Bonchev–Trinajstić information content (AvgIpc) is 2.55. The van der Waals surface area contributed by atoms with Crippen molar-refractivity contribution in [3.05, 3.63) is 48.0 Å². The van der Waals surface area contributed by atoms with Gasteiger partial charge in [0.2, 0.25) is 0 Å². The summed E-state index contributed by atoms with van der Waals surface area (Å²) in [6.45, 7) is 2.05. The van der Waals surface area contributed by atoms with Crippen LogP contribution < -0.4 is 9.64 Å². The number of rotatable bonds is 4. The molecule has 0 atom stereocenters. The van der Waals surface area contributed by atoms with E-state index in [-0.39, 0.29) is 5.56 Å². The molecule has 0 radical (unpaired) electrons. The molecule has 2 rings (SSSR count). The molecular formula is C15H14F3N3O2. The molecule has 0 N–H and O–H groups in total. The van der Waals surface area contributed by atoms with Gasteiger partial charge < -0.3 is 9.64 Å². The van der Waals surface area contributed by atoms with E-state index in [4.69, 9.17) is 4.74 Å². The van der Waals surface area contributed by atoms with Crippen LogP contribution in [0.25, 0.3) is 0 Å². The lowest BCUT2D eigenvalue weighted by Crippen LogP contribution is -2.31. The number of amides is 1. The fraction of sp³-hybridized carbons (Fsp3) is 0.267. The number of methoxy groups -OCH3 is 1. The number of hydrogen-bond acceptors (Lipinski definition) is 4. The molecule has 0 saturated heterocycles. The molecule has 0 unspecified atom stereocenters. The zero-order valence-electron chi connectivity index (χ0n) is 12.5. The van der Waals surface area contributed by atoms with Crippen LogP contribution in [-0.4, -0.2) is 29.5 Å². The molecule has 122 valence electrons. The minimum atomic E-state index is -4.54. The summed E-state index contributed by atoms with van der Waals surface area (Å²) in [5, 5.41) is 0. The van der Waals surface area contributed by atoms with E-state index < -0.39 is 17.8 Å². The molecule has 1 amide bonds. The third-order valence-corrected chi connectivity index (χ3v) is 3.14. The maximum Gasteiger partial charge on any atom is 0.433 e.